The maximum absolute atomic E-state index is 12.3. The molecule has 0 spiro atoms. The zero-order chi connectivity index (χ0) is 20.1. The van der Waals surface area contributed by atoms with Gasteiger partial charge in [-0.1, -0.05) is 41.9 Å². The summed E-state index contributed by atoms with van der Waals surface area (Å²) in [5.74, 6) is -0.488. The first-order chi connectivity index (χ1) is 13.4. The van der Waals surface area contributed by atoms with Crippen LogP contribution in [0.2, 0.25) is 5.02 Å². The third kappa shape index (κ3) is 4.81. The Balaban J connectivity index is 1.66. The summed E-state index contributed by atoms with van der Waals surface area (Å²) < 4.78 is 2.05. The number of carbonyl (C=O) groups is 1. The average molecular weight is 463 g/mol. The van der Waals surface area contributed by atoms with Crippen molar-refractivity contribution in [2.75, 3.05) is 0 Å². The standard InChI is InChI=1S/C18H13BrClN5O3/c19-15-11-24(10-12-5-7-14(8-6-12)25(27)28)23-17(15)18(26)22-21-9-13-3-1-2-4-16(13)20/h1-9,11H,10H2,(H,22,26)/b21-9+. The van der Waals surface area contributed by atoms with Crippen LogP contribution in [0.3, 0.4) is 0 Å². The number of non-ortho nitro benzene ring substituents is 1. The van der Waals surface area contributed by atoms with E-state index >= 15 is 0 Å². The summed E-state index contributed by atoms with van der Waals surface area (Å²) in [5, 5.41) is 19.4. The fourth-order valence-electron chi connectivity index (χ4n) is 2.34. The Kier molecular flexibility index (Phi) is 6.17. The third-order valence-electron chi connectivity index (χ3n) is 3.70. The van der Waals surface area contributed by atoms with E-state index in [-0.39, 0.29) is 11.4 Å². The molecule has 1 heterocycles. The molecular formula is C18H13BrClN5O3. The van der Waals surface area contributed by atoms with Crippen LogP contribution in [0.25, 0.3) is 0 Å². The van der Waals surface area contributed by atoms with E-state index < -0.39 is 10.8 Å². The van der Waals surface area contributed by atoms with E-state index in [0.717, 1.165) is 5.56 Å². The monoisotopic (exact) mass is 461 g/mol. The number of aromatic nitrogens is 2. The first-order valence-corrected chi connectivity index (χ1v) is 9.15. The highest BCUT2D eigenvalue weighted by molar-refractivity contribution is 9.10. The summed E-state index contributed by atoms with van der Waals surface area (Å²) in [6.07, 6.45) is 3.09. The summed E-state index contributed by atoms with van der Waals surface area (Å²) >= 11 is 9.33. The molecule has 0 bridgehead atoms. The number of hydrogen-bond donors (Lipinski definition) is 1. The molecule has 142 valence electrons. The lowest BCUT2D eigenvalue weighted by atomic mass is 10.2. The van der Waals surface area contributed by atoms with E-state index in [1.54, 1.807) is 41.2 Å². The van der Waals surface area contributed by atoms with Crippen LogP contribution >= 0.6 is 27.5 Å². The smallest absolute Gasteiger partial charge is 0.266 e. The third-order valence-corrected chi connectivity index (χ3v) is 4.62. The van der Waals surface area contributed by atoms with Crippen molar-refractivity contribution in [1.82, 2.24) is 15.2 Å². The summed E-state index contributed by atoms with van der Waals surface area (Å²) in [6.45, 7) is 0.354. The van der Waals surface area contributed by atoms with Crippen molar-refractivity contribution < 1.29 is 9.72 Å². The van der Waals surface area contributed by atoms with Gasteiger partial charge in [0.05, 0.1) is 22.2 Å². The quantitative estimate of drug-likeness (QED) is 0.339. The number of hydrazone groups is 1. The molecule has 28 heavy (non-hydrogen) atoms. The molecule has 3 aromatic rings. The van der Waals surface area contributed by atoms with Crippen molar-refractivity contribution in [3.8, 4) is 0 Å². The predicted molar refractivity (Wildman–Crippen MR) is 109 cm³/mol. The topological polar surface area (TPSA) is 102 Å². The number of nitro groups is 1. The second-order valence-electron chi connectivity index (χ2n) is 5.67. The fraction of sp³-hybridized carbons (Fsp3) is 0.0556. The Bertz CT molecular complexity index is 1050. The molecule has 0 aliphatic rings. The molecule has 1 N–H and O–H groups in total. The minimum atomic E-state index is -0.488. The molecule has 2 aromatic carbocycles. The fourth-order valence-corrected chi connectivity index (χ4v) is 3.02. The van der Waals surface area contributed by atoms with Crippen LogP contribution < -0.4 is 5.43 Å². The Morgan fingerprint density at radius 2 is 2.00 bits per heavy atom. The van der Waals surface area contributed by atoms with Gasteiger partial charge in [-0.05, 0) is 27.6 Å². The molecule has 10 heteroatoms. The molecular weight excluding hydrogens is 450 g/mol. The van der Waals surface area contributed by atoms with Crippen LogP contribution in [0, 0.1) is 10.1 Å². The largest absolute Gasteiger partial charge is 0.293 e. The molecule has 3 rings (SSSR count). The van der Waals surface area contributed by atoms with Crippen LogP contribution in [0.1, 0.15) is 21.6 Å². The van der Waals surface area contributed by atoms with Gasteiger partial charge in [0.15, 0.2) is 5.69 Å². The van der Waals surface area contributed by atoms with Gasteiger partial charge in [0.1, 0.15) is 0 Å². The van der Waals surface area contributed by atoms with E-state index in [2.05, 4.69) is 31.6 Å². The molecule has 0 radical (unpaired) electrons. The summed E-state index contributed by atoms with van der Waals surface area (Å²) in [7, 11) is 0. The Labute approximate surface area is 173 Å². The maximum Gasteiger partial charge on any atom is 0.293 e. The van der Waals surface area contributed by atoms with Crippen LogP contribution in [0.4, 0.5) is 5.69 Å². The average Bonchev–Trinajstić information content (AvgIpc) is 3.04. The van der Waals surface area contributed by atoms with Gasteiger partial charge >= 0.3 is 0 Å². The number of nitrogens with zero attached hydrogens (tertiary/aromatic N) is 4. The molecule has 1 amide bonds. The van der Waals surface area contributed by atoms with Crippen LogP contribution in [0.15, 0.2) is 64.3 Å². The Morgan fingerprint density at radius 3 is 2.68 bits per heavy atom. The number of amides is 1. The van der Waals surface area contributed by atoms with E-state index in [9.17, 15) is 14.9 Å². The van der Waals surface area contributed by atoms with Crippen molar-refractivity contribution in [2.24, 2.45) is 5.10 Å². The van der Waals surface area contributed by atoms with Gasteiger partial charge in [0, 0.05) is 28.9 Å². The van der Waals surface area contributed by atoms with Gasteiger partial charge in [-0.3, -0.25) is 19.6 Å². The number of benzene rings is 2. The van der Waals surface area contributed by atoms with Crippen LogP contribution in [0.5, 0.6) is 0 Å². The SMILES string of the molecule is O=C(N/N=C/c1ccccc1Cl)c1nn(Cc2ccc([N+](=O)[O-])cc2)cc1Br. The lowest BCUT2D eigenvalue weighted by Crippen LogP contribution is -2.19. The number of halogens is 2. The molecule has 0 saturated heterocycles. The zero-order valence-electron chi connectivity index (χ0n) is 14.3. The van der Waals surface area contributed by atoms with Gasteiger partial charge in [-0.15, -0.1) is 0 Å². The van der Waals surface area contributed by atoms with E-state index in [4.69, 9.17) is 11.6 Å². The molecule has 0 saturated carbocycles. The highest BCUT2D eigenvalue weighted by atomic mass is 79.9. The van der Waals surface area contributed by atoms with E-state index in [1.807, 2.05) is 6.07 Å². The maximum atomic E-state index is 12.3. The molecule has 8 nitrogen and oxygen atoms in total. The molecule has 0 atom stereocenters. The van der Waals surface area contributed by atoms with Gasteiger partial charge in [0.2, 0.25) is 0 Å². The van der Waals surface area contributed by atoms with E-state index in [0.29, 0.717) is 21.6 Å². The van der Waals surface area contributed by atoms with Gasteiger partial charge < -0.3 is 0 Å². The van der Waals surface area contributed by atoms with Crippen LogP contribution in [-0.4, -0.2) is 26.8 Å². The number of rotatable bonds is 6. The predicted octanol–water partition coefficient (Wildman–Crippen LogP) is 4.02. The van der Waals surface area contributed by atoms with Crippen molar-refractivity contribution in [3.63, 3.8) is 0 Å². The Hall–Kier alpha value is -3.04. The van der Waals surface area contributed by atoms with Crippen molar-refractivity contribution in [2.45, 2.75) is 6.54 Å². The highest BCUT2D eigenvalue weighted by Gasteiger charge is 2.15. The number of nitrogens with one attached hydrogen (secondary N) is 1. The van der Waals surface area contributed by atoms with Crippen molar-refractivity contribution in [1.29, 1.82) is 0 Å². The molecule has 0 aliphatic carbocycles. The summed E-state index contributed by atoms with van der Waals surface area (Å²) in [5.41, 5.74) is 4.07. The lowest BCUT2D eigenvalue weighted by molar-refractivity contribution is -0.384. The number of carbonyl (C=O) groups excluding carboxylic acids is 1. The minimum Gasteiger partial charge on any atom is -0.266 e. The van der Waals surface area contributed by atoms with Crippen molar-refractivity contribution >= 4 is 45.3 Å². The van der Waals surface area contributed by atoms with Crippen LogP contribution in [-0.2, 0) is 6.54 Å². The number of hydrogen-bond acceptors (Lipinski definition) is 5. The molecule has 0 fully saturated rings. The second kappa shape index (κ2) is 8.77. The highest BCUT2D eigenvalue weighted by Crippen LogP contribution is 2.17. The first-order valence-electron chi connectivity index (χ1n) is 7.98. The van der Waals surface area contributed by atoms with Gasteiger partial charge in [0.25, 0.3) is 11.6 Å². The normalized spacial score (nSPS) is 10.9. The Morgan fingerprint density at radius 1 is 1.29 bits per heavy atom. The van der Waals surface area contributed by atoms with Gasteiger partial charge in [-0.2, -0.15) is 10.2 Å². The molecule has 0 aliphatic heterocycles. The summed E-state index contributed by atoms with van der Waals surface area (Å²) in [4.78, 5) is 22.5. The molecule has 0 unspecified atom stereocenters. The van der Waals surface area contributed by atoms with Gasteiger partial charge in [-0.25, -0.2) is 5.43 Å². The zero-order valence-corrected chi connectivity index (χ0v) is 16.6. The minimum absolute atomic E-state index is 0.0156. The first kappa shape index (κ1) is 19.7. The van der Waals surface area contributed by atoms with Crippen molar-refractivity contribution in [3.05, 3.63) is 91.2 Å². The van der Waals surface area contributed by atoms with E-state index in [1.165, 1.54) is 18.3 Å². The lowest BCUT2D eigenvalue weighted by Gasteiger charge is -2.01. The second-order valence-corrected chi connectivity index (χ2v) is 6.93. The number of nitro benzene ring substituents is 1. The summed E-state index contributed by atoms with van der Waals surface area (Å²) in [6, 6.07) is 13.2. The molecule has 1 aromatic heterocycles.